The van der Waals surface area contributed by atoms with Crippen LogP contribution in [0, 0.1) is 0 Å². The van der Waals surface area contributed by atoms with Crippen molar-refractivity contribution in [2.75, 3.05) is 6.54 Å². The third kappa shape index (κ3) is 3.23. The third-order valence-corrected chi connectivity index (χ3v) is 3.52. The van der Waals surface area contributed by atoms with E-state index < -0.39 is 6.04 Å². The fourth-order valence-corrected chi connectivity index (χ4v) is 2.25. The van der Waals surface area contributed by atoms with Gasteiger partial charge in [-0.25, -0.2) is 0 Å². The molecule has 1 fully saturated rings. The Balaban J connectivity index is 2.16. The average Bonchev–Trinajstić information content (AvgIpc) is 2.54. The summed E-state index contributed by atoms with van der Waals surface area (Å²) in [7, 11) is 0. The molecular weight excluding hydrogens is 266 g/mol. The van der Waals surface area contributed by atoms with Gasteiger partial charge in [-0.15, -0.1) is 0 Å². The van der Waals surface area contributed by atoms with Crippen LogP contribution in [-0.4, -0.2) is 34.3 Å². The lowest BCUT2D eigenvalue weighted by molar-refractivity contribution is -0.134. The first-order valence-electron chi connectivity index (χ1n) is 6.28. The number of pyridine rings is 1. The fourth-order valence-electron chi connectivity index (χ4n) is 2.07. The largest absolute Gasteiger partial charge is 0.344 e. The molecule has 19 heavy (non-hydrogen) atoms. The van der Waals surface area contributed by atoms with Crippen LogP contribution in [0.15, 0.2) is 18.5 Å². The van der Waals surface area contributed by atoms with E-state index in [0.717, 1.165) is 5.56 Å². The van der Waals surface area contributed by atoms with Crippen molar-refractivity contribution >= 4 is 23.4 Å². The molecule has 1 N–H and O–H groups in total. The van der Waals surface area contributed by atoms with Gasteiger partial charge >= 0.3 is 0 Å². The van der Waals surface area contributed by atoms with Crippen molar-refractivity contribution in [3.05, 3.63) is 29.0 Å². The first kappa shape index (κ1) is 13.8. The van der Waals surface area contributed by atoms with Crippen LogP contribution in [-0.2, 0) is 16.1 Å². The van der Waals surface area contributed by atoms with E-state index in [0.29, 0.717) is 31.0 Å². The summed E-state index contributed by atoms with van der Waals surface area (Å²) in [5.41, 5.74) is 0.842. The summed E-state index contributed by atoms with van der Waals surface area (Å²) in [6.07, 6.45) is 4.11. The van der Waals surface area contributed by atoms with Crippen molar-refractivity contribution in [2.24, 2.45) is 0 Å². The highest BCUT2D eigenvalue weighted by atomic mass is 35.5. The maximum Gasteiger partial charge on any atom is 0.245 e. The van der Waals surface area contributed by atoms with Gasteiger partial charge in [0.05, 0.1) is 5.02 Å². The lowest BCUT2D eigenvalue weighted by Crippen LogP contribution is -2.43. The van der Waals surface area contributed by atoms with Gasteiger partial charge in [-0.2, -0.15) is 0 Å². The number of hydrogen-bond donors (Lipinski definition) is 1. The van der Waals surface area contributed by atoms with E-state index in [-0.39, 0.29) is 11.8 Å². The highest BCUT2D eigenvalue weighted by Crippen LogP contribution is 2.17. The Hall–Kier alpha value is -1.62. The summed E-state index contributed by atoms with van der Waals surface area (Å²) in [6, 6.07) is 1.35. The van der Waals surface area contributed by atoms with E-state index in [1.54, 1.807) is 23.4 Å². The lowest BCUT2D eigenvalue weighted by atomic mass is 10.2. The normalized spacial score (nSPS) is 20.1. The van der Waals surface area contributed by atoms with Gasteiger partial charge in [0.15, 0.2) is 0 Å². The second-order valence-electron chi connectivity index (χ2n) is 4.51. The van der Waals surface area contributed by atoms with E-state index in [1.807, 2.05) is 6.92 Å². The standard InChI is InChI=1S/C13H16ClN3O2/c1-2-11-13(19)17(6-4-12(18)16-11)8-9-3-5-15-7-10(9)14/h3,5,7,11H,2,4,6,8H2,1H3,(H,16,18). The van der Waals surface area contributed by atoms with Gasteiger partial charge in [-0.3, -0.25) is 14.6 Å². The Bertz CT molecular complexity index is 493. The Morgan fingerprint density at radius 2 is 2.32 bits per heavy atom. The molecule has 1 aromatic heterocycles. The number of amides is 2. The van der Waals surface area contributed by atoms with Crippen LogP contribution in [0.2, 0.25) is 5.02 Å². The maximum absolute atomic E-state index is 12.3. The number of nitrogens with one attached hydrogen (secondary N) is 1. The average molecular weight is 282 g/mol. The number of rotatable bonds is 3. The molecule has 102 valence electrons. The number of hydrogen-bond acceptors (Lipinski definition) is 3. The van der Waals surface area contributed by atoms with Crippen molar-refractivity contribution in [3.63, 3.8) is 0 Å². The van der Waals surface area contributed by atoms with Gasteiger partial charge in [-0.1, -0.05) is 18.5 Å². The zero-order valence-corrected chi connectivity index (χ0v) is 11.5. The van der Waals surface area contributed by atoms with Gasteiger partial charge in [0.25, 0.3) is 0 Å². The highest BCUT2D eigenvalue weighted by molar-refractivity contribution is 6.31. The van der Waals surface area contributed by atoms with Crippen LogP contribution in [0.3, 0.4) is 0 Å². The molecule has 2 amide bonds. The second-order valence-corrected chi connectivity index (χ2v) is 4.91. The highest BCUT2D eigenvalue weighted by Gasteiger charge is 2.28. The molecular formula is C13H16ClN3O2. The van der Waals surface area contributed by atoms with Gasteiger partial charge in [0.2, 0.25) is 11.8 Å². The van der Waals surface area contributed by atoms with Crippen molar-refractivity contribution in [3.8, 4) is 0 Å². The zero-order valence-electron chi connectivity index (χ0n) is 10.7. The van der Waals surface area contributed by atoms with E-state index in [2.05, 4.69) is 10.3 Å². The Labute approximate surface area is 117 Å². The maximum atomic E-state index is 12.3. The Morgan fingerprint density at radius 1 is 1.53 bits per heavy atom. The van der Waals surface area contributed by atoms with Crippen LogP contribution in [0.25, 0.3) is 0 Å². The topological polar surface area (TPSA) is 62.3 Å². The van der Waals surface area contributed by atoms with Crippen molar-refractivity contribution < 1.29 is 9.59 Å². The summed E-state index contributed by atoms with van der Waals surface area (Å²) in [5.74, 6) is -0.134. The molecule has 0 saturated carbocycles. The van der Waals surface area contributed by atoms with Gasteiger partial charge < -0.3 is 10.2 Å². The predicted octanol–water partition coefficient (Wildman–Crippen LogP) is 1.36. The van der Waals surface area contributed by atoms with E-state index in [9.17, 15) is 9.59 Å². The summed E-state index contributed by atoms with van der Waals surface area (Å²) in [4.78, 5) is 29.4. The first-order chi connectivity index (χ1) is 9.11. The van der Waals surface area contributed by atoms with Gasteiger partial charge in [-0.05, 0) is 18.1 Å². The first-order valence-corrected chi connectivity index (χ1v) is 6.66. The van der Waals surface area contributed by atoms with Crippen LogP contribution in [0.1, 0.15) is 25.3 Å². The molecule has 1 atom stereocenters. The molecule has 0 aliphatic carbocycles. The van der Waals surface area contributed by atoms with Crippen LogP contribution < -0.4 is 5.32 Å². The monoisotopic (exact) mass is 281 g/mol. The Morgan fingerprint density at radius 3 is 3.00 bits per heavy atom. The zero-order chi connectivity index (χ0) is 13.8. The number of carbonyl (C=O) groups excluding carboxylic acids is 2. The molecule has 0 bridgehead atoms. The summed E-state index contributed by atoms with van der Waals surface area (Å²) < 4.78 is 0. The third-order valence-electron chi connectivity index (χ3n) is 3.18. The molecule has 1 aliphatic heterocycles. The minimum absolute atomic E-state index is 0.0544. The molecule has 2 rings (SSSR count). The smallest absolute Gasteiger partial charge is 0.245 e. The summed E-state index contributed by atoms with van der Waals surface area (Å²) >= 11 is 6.05. The fraction of sp³-hybridized carbons (Fsp3) is 0.462. The molecule has 1 aliphatic rings. The van der Waals surface area contributed by atoms with Crippen LogP contribution >= 0.6 is 11.6 Å². The number of halogens is 1. The van der Waals surface area contributed by atoms with Crippen molar-refractivity contribution in [1.29, 1.82) is 0 Å². The van der Waals surface area contributed by atoms with Crippen LogP contribution in [0.4, 0.5) is 0 Å². The molecule has 0 spiro atoms. The van der Waals surface area contributed by atoms with Gasteiger partial charge in [0, 0.05) is 31.9 Å². The van der Waals surface area contributed by atoms with Crippen molar-refractivity contribution in [2.45, 2.75) is 32.4 Å². The van der Waals surface area contributed by atoms with E-state index >= 15 is 0 Å². The molecule has 6 heteroatoms. The SMILES string of the molecule is CCC1NC(=O)CCN(Cc2ccncc2Cl)C1=O. The van der Waals surface area contributed by atoms with E-state index in [1.165, 1.54) is 0 Å². The molecule has 1 saturated heterocycles. The minimum Gasteiger partial charge on any atom is -0.344 e. The molecule has 2 heterocycles. The number of carbonyl (C=O) groups is 2. The van der Waals surface area contributed by atoms with Crippen LogP contribution in [0.5, 0.6) is 0 Å². The lowest BCUT2D eigenvalue weighted by Gasteiger charge is -2.23. The number of nitrogens with zero attached hydrogens (tertiary/aromatic N) is 2. The quantitative estimate of drug-likeness (QED) is 0.910. The van der Waals surface area contributed by atoms with Gasteiger partial charge in [0.1, 0.15) is 6.04 Å². The minimum atomic E-state index is -0.435. The Kier molecular flexibility index (Phi) is 4.37. The van der Waals surface area contributed by atoms with E-state index in [4.69, 9.17) is 11.6 Å². The molecule has 5 nitrogen and oxygen atoms in total. The number of aromatic nitrogens is 1. The molecule has 0 radical (unpaired) electrons. The molecule has 1 unspecified atom stereocenters. The van der Waals surface area contributed by atoms with Crippen molar-refractivity contribution in [1.82, 2.24) is 15.2 Å². The molecule has 1 aromatic rings. The molecule has 0 aromatic carbocycles. The second kappa shape index (κ2) is 6.02. The summed E-state index contributed by atoms with van der Waals surface area (Å²) in [6.45, 7) is 2.71. The predicted molar refractivity (Wildman–Crippen MR) is 71.5 cm³/mol. The summed E-state index contributed by atoms with van der Waals surface area (Å²) in [5, 5.41) is 3.27.